The molecule has 0 spiro atoms. The van der Waals surface area contributed by atoms with Crippen molar-refractivity contribution in [3.8, 4) is 0 Å². The fourth-order valence-corrected chi connectivity index (χ4v) is 3.33. The van der Waals surface area contributed by atoms with Crippen LogP contribution in [-0.2, 0) is 7.05 Å². The summed E-state index contributed by atoms with van der Waals surface area (Å²) < 4.78 is 1.85. The minimum absolute atomic E-state index is 0.313. The number of aromatic nitrogens is 2. The van der Waals surface area contributed by atoms with Crippen LogP contribution in [0.2, 0.25) is 0 Å². The second-order valence-electron chi connectivity index (χ2n) is 4.93. The lowest BCUT2D eigenvalue weighted by molar-refractivity contribution is 0.494. The number of nitrogens with zero attached hydrogens (tertiary/aromatic N) is 2. The Bertz CT molecular complexity index is 527. The van der Waals surface area contributed by atoms with Crippen LogP contribution in [0, 0.1) is 13.8 Å². The SMILES string of the molecule is Cc1cc(C(C)NC(C)c2cnn(C)c2)c(C)s1. The molecule has 0 amide bonds. The fraction of sp³-hybridized carbons (Fsp3) is 0.500. The molecule has 0 aromatic carbocycles. The maximum atomic E-state index is 4.22. The summed E-state index contributed by atoms with van der Waals surface area (Å²) in [7, 11) is 1.95. The Kier molecular flexibility index (Phi) is 3.88. The zero-order valence-corrected chi connectivity index (χ0v) is 12.5. The van der Waals surface area contributed by atoms with Gasteiger partial charge in [0.25, 0.3) is 0 Å². The molecular weight excluding hydrogens is 242 g/mol. The van der Waals surface area contributed by atoms with Crippen molar-refractivity contribution < 1.29 is 0 Å². The van der Waals surface area contributed by atoms with E-state index in [-0.39, 0.29) is 0 Å². The molecule has 3 nitrogen and oxygen atoms in total. The monoisotopic (exact) mass is 263 g/mol. The van der Waals surface area contributed by atoms with E-state index in [9.17, 15) is 0 Å². The van der Waals surface area contributed by atoms with Crippen LogP contribution in [-0.4, -0.2) is 9.78 Å². The summed E-state index contributed by atoms with van der Waals surface area (Å²) in [6.07, 6.45) is 3.99. The zero-order valence-electron chi connectivity index (χ0n) is 11.7. The molecule has 2 aromatic heterocycles. The molecule has 0 aliphatic carbocycles. The van der Waals surface area contributed by atoms with Gasteiger partial charge in [0.2, 0.25) is 0 Å². The predicted octanol–water partition coefficient (Wildman–Crippen LogP) is 3.51. The van der Waals surface area contributed by atoms with E-state index >= 15 is 0 Å². The summed E-state index contributed by atoms with van der Waals surface area (Å²) in [5, 5.41) is 7.85. The normalized spacial score (nSPS) is 14.7. The van der Waals surface area contributed by atoms with Gasteiger partial charge in [-0.1, -0.05) is 0 Å². The molecule has 0 saturated carbocycles. The molecule has 0 aliphatic heterocycles. The van der Waals surface area contributed by atoms with Gasteiger partial charge in [-0.2, -0.15) is 5.10 Å². The highest BCUT2D eigenvalue weighted by molar-refractivity contribution is 7.12. The van der Waals surface area contributed by atoms with E-state index in [1.54, 1.807) is 0 Å². The zero-order chi connectivity index (χ0) is 13.3. The van der Waals surface area contributed by atoms with Gasteiger partial charge >= 0.3 is 0 Å². The topological polar surface area (TPSA) is 29.9 Å². The predicted molar refractivity (Wildman–Crippen MR) is 77.0 cm³/mol. The Morgan fingerprint density at radius 1 is 1.28 bits per heavy atom. The highest BCUT2D eigenvalue weighted by atomic mass is 32.1. The van der Waals surface area contributed by atoms with Crippen molar-refractivity contribution in [1.29, 1.82) is 0 Å². The van der Waals surface area contributed by atoms with Crippen LogP contribution < -0.4 is 5.32 Å². The minimum atomic E-state index is 0.313. The van der Waals surface area contributed by atoms with Crippen LogP contribution in [0.5, 0.6) is 0 Å². The lowest BCUT2D eigenvalue weighted by atomic mass is 10.1. The highest BCUT2D eigenvalue weighted by Gasteiger charge is 2.15. The lowest BCUT2D eigenvalue weighted by Crippen LogP contribution is -2.22. The number of aryl methyl sites for hydroxylation is 3. The van der Waals surface area contributed by atoms with E-state index in [0.29, 0.717) is 12.1 Å². The summed E-state index contributed by atoms with van der Waals surface area (Å²) in [5.41, 5.74) is 2.64. The third-order valence-electron chi connectivity index (χ3n) is 3.27. The van der Waals surface area contributed by atoms with Gasteiger partial charge in [-0.25, -0.2) is 0 Å². The first kappa shape index (κ1) is 13.3. The molecule has 18 heavy (non-hydrogen) atoms. The molecule has 2 aromatic rings. The summed E-state index contributed by atoms with van der Waals surface area (Å²) in [4.78, 5) is 2.79. The molecule has 0 saturated heterocycles. The Morgan fingerprint density at radius 3 is 2.50 bits per heavy atom. The van der Waals surface area contributed by atoms with Crippen LogP contribution in [0.1, 0.15) is 46.8 Å². The molecule has 0 aliphatic rings. The van der Waals surface area contributed by atoms with Crippen molar-refractivity contribution in [2.75, 3.05) is 0 Å². The van der Waals surface area contributed by atoms with E-state index in [4.69, 9.17) is 0 Å². The maximum absolute atomic E-state index is 4.22. The molecule has 4 heteroatoms. The van der Waals surface area contributed by atoms with Crippen molar-refractivity contribution >= 4 is 11.3 Å². The van der Waals surface area contributed by atoms with Crippen LogP contribution in [0.25, 0.3) is 0 Å². The number of thiophene rings is 1. The molecule has 2 unspecified atom stereocenters. The fourth-order valence-electron chi connectivity index (χ4n) is 2.31. The van der Waals surface area contributed by atoms with E-state index in [1.165, 1.54) is 20.9 Å². The van der Waals surface area contributed by atoms with Crippen LogP contribution in [0.4, 0.5) is 0 Å². The number of hydrogen-bond acceptors (Lipinski definition) is 3. The highest BCUT2D eigenvalue weighted by Crippen LogP contribution is 2.27. The van der Waals surface area contributed by atoms with Crippen LogP contribution >= 0.6 is 11.3 Å². The largest absolute Gasteiger partial charge is 0.303 e. The second kappa shape index (κ2) is 5.24. The molecule has 2 heterocycles. The first-order chi connectivity index (χ1) is 8.47. The van der Waals surface area contributed by atoms with Gasteiger partial charge < -0.3 is 5.32 Å². The van der Waals surface area contributed by atoms with Crippen LogP contribution in [0.3, 0.4) is 0 Å². The summed E-state index contributed by atoms with van der Waals surface area (Å²) in [6.45, 7) is 8.77. The first-order valence-corrected chi connectivity index (χ1v) is 7.10. The van der Waals surface area contributed by atoms with E-state index in [0.717, 1.165) is 0 Å². The van der Waals surface area contributed by atoms with Gasteiger partial charge in [-0.3, -0.25) is 4.68 Å². The van der Waals surface area contributed by atoms with E-state index in [2.05, 4.69) is 50.4 Å². The first-order valence-electron chi connectivity index (χ1n) is 6.29. The lowest BCUT2D eigenvalue weighted by Gasteiger charge is -2.19. The summed E-state index contributed by atoms with van der Waals surface area (Å²) in [5.74, 6) is 0. The van der Waals surface area contributed by atoms with E-state index < -0.39 is 0 Å². The van der Waals surface area contributed by atoms with Gasteiger partial charge in [0, 0.05) is 40.6 Å². The van der Waals surface area contributed by atoms with Gasteiger partial charge in [0.1, 0.15) is 0 Å². The Balaban J connectivity index is 2.07. The molecule has 98 valence electrons. The molecule has 2 rings (SSSR count). The number of hydrogen-bond donors (Lipinski definition) is 1. The maximum Gasteiger partial charge on any atom is 0.0537 e. The Labute approximate surface area is 113 Å². The van der Waals surface area contributed by atoms with Crippen LogP contribution in [0.15, 0.2) is 18.5 Å². The number of rotatable bonds is 4. The Morgan fingerprint density at radius 2 is 2.00 bits per heavy atom. The molecular formula is C14H21N3S. The Hall–Kier alpha value is -1.13. The van der Waals surface area contributed by atoms with Gasteiger partial charge in [0.05, 0.1) is 6.20 Å². The molecule has 0 fully saturated rings. The quantitative estimate of drug-likeness (QED) is 0.915. The average Bonchev–Trinajstić information content (AvgIpc) is 2.84. The van der Waals surface area contributed by atoms with Gasteiger partial charge in [-0.15, -0.1) is 11.3 Å². The van der Waals surface area contributed by atoms with Gasteiger partial charge in [0.15, 0.2) is 0 Å². The molecule has 2 atom stereocenters. The number of nitrogens with one attached hydrogen (secondary N) is 1. The van der Waals surface area contributed by atoms with Gasteiger partial charge in [-0.05, 0) is 39.3 Å². The van der Waals surface area contributed by atoms with Crippen molar-refractivity contribution in [3.63, 3.8) is 0 Å². The smallest absolute Gasteiger partial charge is 0.0537 e. The standard InChI is InChI=1S/C14H21N3S/c1-9-6-14(12(4)18-9)11(3)16-10(2)13-7-15-17(5)8-13/h6-8,10-11,16H,1-5H3. The minimum Gasteiger partial charge on any atom is -0.303 e. The van der Waals surface area contributed by atoms with E-state index in [1.807, 2.05) is 29.3 Å². The molecule has 1 N–H and O–H groups in total. The second-order valence-corrected chi connectivity index (χ2v) is 6.39. The third-order valence-corrected chi connectivity index (χ3v) is 4.25. The van der Waals surface area contributed by atoms with Crippen molar-refractivity contribution in [3.05, 3.63) is 39.3 Å². The average molecular weight is 263 g/mol. The van der Waals surface area contributed by atoms with Crippen molar-refractivity contribution in [1.82, 2.24) is 15.1 Å². The third kappa shape index (κ3) is 2.82. The summed E-state index contributed by atoms with van der Waals surface area (Å²) >= 11 is 1.87. The molecule has 0 radical (unpaired) electrons. The van der Waals surface area contributed by atoms with Crippen molar-refractivity contribution in [2.45, 2.75) is 39.8 Å². The summed E-state index contributed by atoms with van der Waals surface area (Å²) in [6, 6.07) is 2.96. The van der Waals surface area contributed by atoms with Crippen molar-refractivity contribution in [2.24, 2.45) is 7.05 Å². The molecule has 0 bridgehead atoms.